The standard InChI is InChI=1S/C30H28FN9O3S/c1-40(2)15-25(41)34-20-12-18(13-33-14-20)22-7-8-24-27(35-22)28(39-38-24)30-36-23-6-4-5-21(26(23)37-30)16-9-17(11-19(31)10-16)29(32)44(3,42)43/h4-14,29H,15,32H2,1-3H3,(H,34,41)(H,36,37)(H,38,39). The van der Waals surface area contributed by atoms with E-state index in [1.807, 2.05) is 32.3 Å². The van der Waals surface area contributed by atoms with Crippen LogP contribution in [0.3, 0.4) is 0 Å². The Labute approximate surface area is 251 Å². The number of rotatable bonds is 8. The van der Waals surface area contributed by atoms with Crippen LogP contribution in [-0.2, 0) is 14.6 Å². The highest BCUT2D eigenvalue weighted by Gasteiger charge is 2.21. The minimum absolute atomic E-state index is 0.140. The maximum Gasteiger partial charge on any atom is 0.238 e. The summed E-state index contributed by atoms with van der Waals surface area (Å²) >= 11 is 0. The molecule has 1 amide bonds. The molecule has 0 radical (unpaired) electrons. The SMILES string of the molecule is CN(C)CC(=O)Nc1cncc(-c2ccc3[nH]nc(-c4nc5c(-c6cc(F)cc(C(N)S(C)(=O)=O)c6)cccc5[nH]4)c3n2)c1. The molecule has 5 N–H and O–H groups in total. The second-order valence-electron chi connectivity index (χ2n) is 10.7. The third kappa shape index (κ3) is 5.77. The first kappa shape index (κ1) is 29.0. The summed E-state index contributed by atoms with van der Waals surface area (Å²) < 4.78 is 38.8. The average molecular weight is 614 g/mol. The summed E-state index contributed by atoms with van der Waals surface area (Å²) in [4.78, 5) is 31.2. The van der Waals surface area contributed by atoms with Crippen LogP contribution >= 0.6 is 0 Å². The molecule has 0 spiro atoms. The molecule has 0 saturated heterocycles. The van der Waals surface area contributed by atoms with Crippen LogP contribution in [0.5, 0.6) is 0 Å². The van der Waals surface area contributed by atoms with Gasteiger partial charge in [0.2, 0.25) is 5.91 Å². The molecule has 44 heavy (non-hydrogen) atoms. The topological polar surface area (TPSA) is 176 Å². The first-order chi connectivity index (χ1) is 21.0. The van der Waals surface area contributed by atoms with Gasteiger partial charge in [-0.25, -0.2) is 22.8 Å². The highest BCUT2D eigenvalue weighted by molar-refractivity contribution is 7.90. The molecule has 6 rings (SSSR count). The van der Waals surface area contributed by atoms with Crippen LogP contribution in [0.4, 0.5) is 10.1 Å². The van der Waals surface area contributed by atoms with E-state index in [1.165, 1.54) is 6.07 Å². The van der Waals surface area contributed by atoms with Crippen LogP contribution in [0.1, 0.15) is 10.9 Å². The molecular weight excluding hydrogens is 585 g/mol. The molecule has 0 aliphatic heterocycles. The van der Waals surface area contributed by atoms with Gasteiger partial charge >= 0.3 is 0 Å². The lowest BCUT2D eigenvalue weighted by Crippen LogP contribution is -2.27. The number of hydrogen-bond acceptors (Lipinski definition) is 9. The molecule has 1 unspecified atom stereocenters. The van der Waals surface area contributed by atoms with Crippen molar-refractivity contribution in [2.24, 2.45) is 5.73 Å². The third-order valence-corrected chi connectivity index (χ3v) is 8.14. The number of halogens is 1. The van der Waals surface area contributed by atoms with Gasteiger partial charge in [-0.05, 0) is 67.7 Å². The van der Waals surface area contributed by atoms with Crippen molar-refractivity contribution in [1.82, 2.24) is 35.0 Å². The van der Waals surface area contributed by atoms with Crippen molar-refractivity contribution < 1.29 is 17.6 Å². The number of H-pyrrole nitrogens is 2. The molecule has 0 aliphatic rings. The number of likely N-dealkylation sites (N-methyl/N-ethyl adjacent to an activating group) is 1. The smallest absolute Gasteiger partial charge is 0.238 e. The second-order valence-corrected chi connectivity index (χ2v) is 12.9. The van der Waals surface area contributed by atoms with Crippen molar-refractivity contribution in [3.05, 3.63) is 78.4 Å². The Bertz CT molecular complexity index is 2160. The van der Waals surface area contributed by atoms with Crippen molar-refractivity contribution in [3.63, 3.8) is 0 Å². The minimum Gasteiger partial charge on any atom is -0.336 e. The van der Waals surface area contributed by atoms with Gasteiger partial charge in [-0.1, -0.05) is 12.1 Å². The first-order valence-corrected chi connectivity index (χ1v) is 15.4. The van der Waals surface area contributed by atoms with Crippen LogP contribution in [-0.4, -0.2) is 76.3 Å². The van der Waals surface area contributed by atoms with E-state index in [2.05, 4.69) is 25.5 Å². The number of carbonyl (C=O) groups excluding carboxylic acids is 1. The molecule has 4 heterocycles. The maximum absolute atomic E-state index is 14.7. The molecule has 2 aromatic carbocycles. The fourth-order valence-corrected chi connectivity index (χ4v) is 5.55. The van der Waals surface area contributed by atoms with Crippen LogP contribution < -0.4 is 11.1 Å². The molecule has 14 heteroatoms. The Morgan fingerprint density at radius 3 is 2.61 bits per heavy atom. The number of hydrogen-bond donors (Lipinski definition) is 4. The van der Waals surface area contributed by atoms with Crippen molar-refractivity contribution in [3.8, 4) is 33.9 Å². The highest BCUT2D eigenvalue weighted by atomic mass is 32.2. The van der Waals surface area contributed by atoms with Gasteiger partial charge in [-0.2, -0.15) is 5.10 Å². The van der Waals surface area contributed by atoms with E-state index < -0.39 is 21.0 Å². The summed E-state index contributed by atoms with van der Waals surface area (Å²) in [5.41, 5.74) is 11.8. The largest absolute Gasteiger partial charge is 0.336 e. The fourth-order valence-electron chi connectivity index (χ4n) is 4.92. The number of nitrogens with two attached hydrogens (primary N) is 1. The van der Waals surface area contributed by atoms with Crippen LogP contribution in [0.25, 0.3) is 56.0 Å². The molecule has 0 fully saturated rings. The van der Waals surface area contributed by atoms with Crippen molar-refractivity contribution in [1.29, 1.82) is 0 Å². The molecule has 0 saturated carbocycles. The number of benzene rings is 2. The number of carbonyl (C=O) groups is 1. The summed E-state index contributed by atoms with van der Waals surface area (Å²) in [6, 6.07) is 14.8. The Morgan fingerprint density at radius 2 is 1.84 bits per heavy atom. The summed E-state index contributed by atoms with van der Waals surface area (Å²) in [6.45, 7) is 0.237. The van der Waals surface area contributed by atoms with E-state index in [4.69, 9.17) is 15.7 Å². The predicted molar refractivity (Wildman–Crippen MR) is 167 cm³/mol. The zero-order valence-corrected chi connectivity index (χ0v) is 24.8. The van der Waals surface area contributed by atoms with Crippen molar-refractivity contribution >= 4 is 43.5 Å². The number of amides is 1. The third-order valence-electron chi connectivity index (χ3n) is 6.94. The van der Waals surface area contributed by atoms with Gasteiger partial charge in [-0.3, -0.25) is 14.9 Å². The number of aromatic nitrogens is 6. The van der Waals surface area contributed by atoms with E-state index in [9.17, 15) is 17.6 Å². The van der Waals surface area contributed by atoms with Gasteiger partial charge in [0.25, 0.3) is 0 Å². The van der Waals surface area contributed by atoms with Gasteiger partial charge < -0.3 is 20.9 Å². The Balaban J connectivity index is 1.39. The van der Waals surface area contributed by atoms with Gasteiger partial charge in [-0.15, -0.1) is 0 Å². The number of para-hydroxylation sites is 1. The van der Waals surface area contributed by atoms with Crippen LogP contribution in [0.2, 0.25) is 0 Å². The Kier molecular flexibility index (Phi) is 7.41. The Hall–Kier alpha value is -5.05. The average Bonchev–Trinajstić information content (AvgIpc) is 3.59. The number of sulfone groups is 1. The zero-order chi connectivity index (χ0) is 31.2. The lowest BCUT2D eigenvalue weighted by atomic mass is 10.0. The molecule has 4 aromatic heterocycles. The maximum atomic E-state index is 14.7. The molecule has 1 atom stereocenters. The number of imidazole rings is 1. The molecule has 224 valence electrons. The second kappa shape index (κ2) is 11.2. The summed E-state index contributed by atoms with van der Waals surface area (Å²) in [7, 11) is -0.0232. The number of anilines is 1. The van der Waals surface area contributed by atoms with Crippen molar-refractivity contribution in [2.45, 2.75) is 5.37 Å². The number of nitrogens with zero attached hydrogens (tertiary/aromatic N) is 5. The lowest BCUT2D eigenvalue weighted by Gasteiger charge is -2.12. The van der Waals surface area contributed by atoms with Gasteiger partial charge in [0, 0.05) is 23.6 Å². The normalized spacial score (nSPS) is 12.7. The number of nitrogens with one attached hydrogen (secondary N) is 3. The summed E-state index contributed by atoms with van der Waals surface area (Å²) in [5, 5.41) is 8.92. The lowest BCUT2D eigenvalue weighted by molar-refractivity contribution is -0.116. The number of pyridine rings is 2. The first-order valence-electron chi connectivity index (χ1n) is 13.5. The highest BCUT2D eigenvalue weighted by Crippen LogP contribution is 2.33. The van der Waals surface area contributed by atoms with E-state index >= 15 is 0 Å². The Morgan fingerprint density at radius 1 is 1.02 bits per heavy atom. The predicted octanol–water partition coefficient (Wildman–Crippen LogP) is 3.87. The van der Waals surface area contributed by atoms with Crippen LogP contribution in [0.15, 0.2) is 67.0 Å². The molecule has 6 aromatic rings. The molecule has 0 aliphatic carbocycles. The summed E-state index contributed by atoms with van der Waals surface area (Å²) in [5.74, 6) is -0.350. The van der Waals surface area contributed by atoms with Crippen molar-refractivity contribution in [2.75, 3.05) is 32.2 Å². The quantitative estimate of drug-likeness (QED) is 0.199. The van der Waals surface area contributed by atoms with Gasteiger partial charge in [0.1, 0.15) is 16.7 Å². The molecule has 0 bridgehead atoms. The number of aromatic amines is 2. The van der Waals surface area contributed by atoms with E-state index in [0.29, 0.717) is 61.7 Å². The molecular formula is C30H28FN9O3S. The van der Waals surface area contributed by atoms with Crippen LogP contribution in [0, 0.1) is 5.82 Å². The van der Waals surface area contributed by atoms with E-state index in [1.54, 1.807) is 41.6 Å². The molecule has 12 nitrogen and oxygen atoms in total. The summed E-state index contributed by atoms with van der Waals surface area (Å²) in [6.07, 6.45) is 4.24. The fraction of sp³-hybridized carbons (Fsp3) is 0.167. The zero-order valence-electron chi connectivity index (χ0n) is 24.0. The van der Waals surface area contributed by atoms with E-state index in [-0.39, 0.29) is 18.0 Å². The number of fused-ring (bicyclic) bond motifs is 2. The van der Waals surface area contributed by atoms with E-state index in [0.717, 1.165) is 12.3 Å². The monoisotopic (exact) mass is 613 g/mol. The minimum atomic E-state index is -3.65. The van der Waals surface area contributed by atoms with Gasteiger partial charge in [0.05, 0.1) is 40.7 Å². The van der Waals surface area contributed by atoms with Gasteiger partial charge in [0.15, 0.2) is 21.4 Å².